The minimum atomic E-state index is 0.246. The summed E-state index contributed by atoms with van der Waals surface area (Å²) in [5.41, 5.74) is 0.971. The van der Waals surface area contributed by atoms with Gasteiger partial charge in [0.05, 0.1) is 6.61 Å². The topological polar surface area (TPSA) is 60.7 Å². The Kier molecular flexibility index (Phi) is 3.29. The second-order valence-corrected chi connectivity index (χ2v) is 4.30. The van der Waals surface area contributed by atoms with Crippen LogP contribution in [0.3, 0.4) is 0 Å². The van der Waals surface area contributed by atoms with Crippen LogP contribution in [0.15, 0.2) is 28.7 Å². The predicted molar refractivity (Wildman–Crippen MR) is 69.6 cm³/mol. The largest absolute Gasteiger partial charge is 0.490 e. The summed E-state index contributed by atoms with van der Waals surface area (Å²) in [6.07, 6.45) is 3.92. The summed E-state index contributed by atoms with van der Waals surface area (Å²) in [6, 6.07) is 7.81. The van der Waals surface area contributed by atoms with E-state index >= 15 is 0 Å². The van der Waals surface area contributed by atoms with Gasteiger partial charge < -0.3 is 13.9 Å². The van der Waals surface area contributed by atoms with E-state index in [2.05, 4.69) is 10.2 Å². The third-order valence-electron chi connectivity index (χ3n) is 2.69. The van der Waals surface area contributed by atoms with Crippen molar-refractivity contribution in [3.8, 4) is 5.75 Å². The van der Waals surface area contributed by atoms with Gasteiger partial charge in [0.2, 0.25) is 11.8 Å². The summed E-state index contributed by atoms with van der Waals surface area (Å²) in [6.45, 7) is 3.14. The van der Waals surface area contributed by atoms with Crippen LogP contribution >= 0.6 is 0 Å². The van der Waals surface area contributed by atoms with Gasteiger partial charge in [0.1, 0.15) is 18.5 Å². The van der Waals surface area contributed by atoms with Crippen LogP contribution in [0.4, 0.5) is 0 Å². The van der Waals surface area contributed by atoms with E-state index in [1.54, 1.807) is 13.0 Å². The summed E-state index contributed by atoms with van der Waals surface area (Å²) >= 11 is 0. The Morgan fingerprint density at radius 3 is 2.89 bits per heavy atom. The third kappa shape index (κ3) is 3.20. The molecule has 0 bridgehead atoms. The molecule has 0 spiro atoms. The zero-order valence-electron chi connectivity index (χ0n) is 10.6. The number of aromatic nitrogens is 2. The quantitative estimate of drug-likeness (QED) is 0.770. The fraction of sp³-hybridized carbons (Fsp3) is 0.286. The van der Waals surface area contributed by atoms with Crippen molar-refractivity contribution in [3.05, 3.63) is 41.6 Å². The Bertz CT molecular complexity index is 588. The number of nitrogens with zero attached hydrogens (tertiary/aromatic N) is 2. The Balaban J connectivity index is 1.73. The molecule has 0 radical (unpaired) electrons. The Morgan fingerprint density at radius 1 is 1.32 bits per heavy atom. The number of hydrogen-bond acceptors (Lipinski definition) is 5. The Hall–Kier alpha value is -2.14. The highest BCUT2D eigenvalue weighted by Gasteiger charge is 2.23. The first-order valence-corrected chi connectivity index (χ1v) is 6.13. The molecule has 2 heterocycles. The number of ether oxygens (including phenoxy) is 2. The fourth-order valence-electron chi connectivity index (χ4n) is 1.64. The molecule has 0 saturated carbocycles. The second-order valence-electron chi connectivity index (χ2n) is 4.30. The van der Waals surface area contributed by atoms with E-state index in [1.165, 1.54) is 0 Å². The van der Waals surface area contributed by atoms with Crippen LogP contribution in [0.1, 0.15) is 17.3 Å². The molecule has 2 aromatic rings. The van der Waals surface area contributed by atoms with Gasteiger partial charge in [-0.15, -0.1) is 10.2 Å². The third-order valence-corrected chi connectivity index (χ3v) is 2.69. The van der Waals surface area contributed by atoms with Gasteiger partial charge in [0.15, 0.2) is 0 Å². The highest BCUT2D eigenvalue weighted by molar-refractivity contribution is 5.69. The molecule has 5 heteroatoms. The molecule has 0 aliphatic carbocycles. The van der Waals surface area contributed by atoms with Crippen LogP contribution in [0.5, 0.6) is 5.75 Å². The maximum absolute atomic E-state index is 5.71. The standard InChI is InChI=1S/C14H14N2O3/c1-10-15-16-14(19-10)7-6-11-4-2-3-5-13(11)18-9-12-8-17-12/h2-7,12H,8-9H2,1H3. The van der Waals surface area contributed by atoms with Gasteiger partial charge in [-0.3, -0.25) is 0 Å². The van der Waals surface area contributed by atoms with E-state index in [1.807, 2.05) is 30.3 Å². The van der Waals surface area contributed by atoms with Crippen molar-refractivity contribution in [1.29, 1.82) is 0 Å². The molecular weight excluding hydrogens is 244 g/mol. The zero-order chi connectivity index (χ0) is 13.1. The first kappa shape index (κ1) is 11.9. The normalized spacial score (nSPS) is 17.8. The second kappa shape index (κ2) is 5.24. The summed E-state index contributed by atoms with van der Waals surface area (Å²) in [5.74, 6) is 1.86. The average molecular weight is 258 g/mol. The first-order chi connectivity index (χ1) is 9.31. The van der Waals surface area contributed by atoms with Crippen LogP contribution in [-0.4, -0.2) is 29.5 Å². The highest BCUT2D eigenvalue weighted by Crippen LogP contribution is 2.22. The molecule has 1 aliphatic rings. The van der Waals surface area contributed by atoms with Crippen molar-refractivity contribution in [2.75, 3.05) is 13.2 Å². The maximum atomic E-state index is 5.71. The van der Waals surface area contributed by atoms with E-state index in [9.17, 15) is 0 Å². The number of epoxide rings is 1. The molecule has 1 atom stereocenters. The van der Waals surface area contributed by atoms with Gasteiger partial charge in [-0.1, -0.05) is 18.2 Å². The number of para-hydroxylation sites is 1. The lowest BCUT2D eigenvalue weighted by molar-refractivity contribution is 0.262. The van der Waals surface area contributed by atoms with Gasteiger partial charge in [0.25, 0.3) is 0 Å². The van der Waals surface area contributed by atoms with Crippen LogP contribution in [0.2, 0.25) is 0 Å². The Morgan fingerprint density at radius 2 is 2.16 bits per heavy atom. The lowest BCUT2D eigenvalue weighted by atomic mass is 10.2. The number of aryl methyl sites for hydroxylation is 1. The Labute approximate surface area is 110 Å². The molecule has 1 aromatic carbocycles. The van der Waals surface area contributed by atoms with Gasteiger partial charge >= 0.3 is 0 Å². The van der Waals surface area contributed by atoms with E-state index in [-0.39, 0.29) is 6.10 Å². The number of benzene rings is 1. The van der Waals surface area contributed by atoms with Crippen LogP contribution in [-0.2, 0) is 4.74 Å². The predicted octanol–water partition coefficient (Wildman–Crippen LogP) is 2.33. The molecule has 98 valence electrons. The first-order valence-electron chi connectivity index (χ1n) is 6.13. The van der Waals surface area contributed by atoms with Gasteiger partial charge in [-0.05, 0) is 12.1 Å². The number of hydrogen-bond donors (Lipinski definition) is 0. The lowest BCUT2D eigenvalue weighted by Gasteiger charge is -2.07. The van der Waals surface area contributed by atoms with Crippen molar-refractivity contribution in [2.24, 2.45) is 0 Å². The fourth-order valence-corrected chi connectivity index (χ4v) is 1.64. The van der Waals surface area contributed by atoms with Crippen LogP contribution in [0, 0.1) is 6.92 Å². The summed E-state index contributed by atoms with van der Waals surface area (Å²) in [7, 11) is 0. The highest BCUT2D eigenvalue weighted by atomic mass is 16.6. The summed E-state index contributed by atoms with van der Waals surface area (Å²) in [5, 5.41) is 7.68. The van der Waals surface area contributed by atoms with Crippen molar-refractivity contribution in [1.82, 2.24) is 10.2 Å². The lowest BCUT2D eigenvalue weighted by Crippen LogP contribution is -2.04. The van der Waals surface area contributed by atoms with Gasteiger partial charge in [-0.2, -0.15) is 0 Å². The van der Waals surface area contributed by atoms with Gasteiger partial charge in [-0.25, -0.2) is 0 Å². The maximum Gasteiger partial charge on any atom is 0.240 e. The van der Waals surface area contributed by atoms with Crippen LogP contribution in [0.25, 0.3) is 12.2 Å². The molecule has 0 amide bonds. The smallest absolute Gasteiger partial charge is 0.240 e. The molecule has 1 aromatic heterocycles. The molecule has 1 fully saturated rings. The SMILES string of the molecule is Cc1nnc(C=Cc2ccccc2OCC2CO2)o1. The van der Waals surface area contributed by atoms with E-state index < -0.39 is 0 Å². The minimum Gasteiger partial charge on any atom is -0.490 e. The van der Waals surface area contributed by atoms with Crippen molar-refractivity contribution in [2.45, 2.75) is 13.0 Å². The molecule has 1 saturated heterocycles. The molecule has 1 aliphatic heterocycles. The van der Waals surface area contributed by atoms with E-state index in [0.29, 0.717) is 18.4 Å². The number of rotatable bonds is 5. The minimum absolute atomic E-state index is 0.246. The molecule has 19 heavy (non-hydrogen) atoms. The average Bonchev–Trinajstić information content (AvgIpc) is 3.17. The molecular formula is C14H14N2O3. The van der Waals surface area contributed by atoms with Gasteiger partial charge in [0, 0.05) is 18.6 Å². The van der Waals surface area contributed by atoms with E-state index in [0.717, 1.165) is 17.9 Å². The summed E-state index contributed by atoms with van der Waals surface area (Å²) < 4.78 is 16.1. The molecule has 0 N–H and O–H groups in total. The monoisotopic (exact) mass is 258 g/mol. The van der Waals surface area contributed by atoms with Crippen molar-refractivity contribution in [3.63, 3.8) is 0 Å². The van der Waals surface area contributed by atoms with Crippen molar-refractivity contribution < 1.29 is 13.9 Å². The van der Waals surface area contributed by atoms with Crippen molar-refractivity contribution >= 4 is 12.2 Å². The van der Waals surface area contributed by atoms with Crippen LogP contribution < -0.4 is 4.74 Å². The summed E-state index contributed by atoms with van der Waals surface area (Å²) in [4.78, 5) is 0. The molecule has 3 rings (SSSR count). The van der Waals surface area contributed by atoms with E-state index in [4.69, 9.17) is 13.9 Å². The molecule has 1 unspecified atom stereocenters. The molecule has 5 nitrogen and oxygen atoms in total. The zero-order valence-corrected chi connectivity index (χ0v) is 10.6.